The average Bonchev–Trinajstić information content (AvgIpc) is 2.91. The predicted molar refractivity (Wildman–Crippen MR) is 81.4 cm³/mol. The summed E-state index contributed by atoms with van der Waals surface area (Å²) >= 11 is 1.37. The first-order valence-corrected chi connectivity index (χ1v) is 7.28. The van der Waals surface area contributed by atoms with Crippen molar-refractivity contribution >= 4 is 21.7 Å². The van der Waals surface area contributed by atoms with Crippen molar-refractivity contribution in [3.8, 4) is 16.9 Å². The zero-order chi connectivity index (χ0) is 14.3. The highest BCUT2D eigenvalue weighted by Gasteiger charge is 2.19. The van der Waals surface area contributed by atoms with Crippen LogP contribution < -0.4 is 5.56 Å². The molecule has 4 nitrogen and oxygen atoms in total. The van der Waals surface area contributed by atoms with Gasteiger partial charge in [0.15, 0.2) is 5.75 Å². The molecule has 2 heterocycles. The molecule has 0 saturated carbocycles. The van der Waals surface area contributed by atoms with Gasteiger partial charge in [-0.15, -0.1) is 11.3 Å². The van der Waals surface area contributed by atoms with Gasteiger partial charge < -0.3 is 5.11 Å². The fourth-order valence-corrected chi connectivity index (χ4v) is 3.28. The van der Waals surface area contributed by atoms with Crippen LogP contribution in [0.2, 0.25) is 0 Å². The van der Waals surface area contributed by atoms with E-state index in [4.69, 9.17) is 0 Å². The Balaban J connectivity index is 2.48. The Kier molecular flexibility index (Phi) is 3.06. The first-order chi connectivity index (χ1) is 9.65. The molecule has 1 aromatic carbocycles. The number of rotatable bonds is 2. The van der Waals surface area contributed by atoms with E-state index in [-0.39, 0.29) is 11.3 Å². The maximum absolute atomic E-state index is 12.7. The summed E-state index contributed by atoms with van der Waals surface area (Å²) in [5.41, 5.74) is 4.02. The van der Waals surface area contributed by atoms with Crippen LogP contribution in [-0.2, 0) is 6.54 Å². The van der Waals surface area contributed by atoms with Gasteiger partial charge in [-0.1, -0.05) is 24.3 Å². The minimum Gasteiger partial charge on any atom is -0.505 e. The molecule has 0 aliphatic heterocycles. The molecule has 0 radical (unpaired) electrons. The monoisotopic (exact) mass is 286 g/mol. The molecular formula is C15H14N2O2S. The summed E-state index contributed by atoms with van der Waals surface area (Å²) in [5.74, 6) is -0.0229. The summed E-state index contributed by atoms with van der Waals surface area (Å²) in [6.07, 6.45) is 0. The van der Waals surface area contributed by atoms with Gasteiger partial charge in [-0.25, -0.2) is 4.98 Å². The number of aromatic hydroxyl groups is 1. The lowest BCUT2D eigenvalue weighted by Gasteiger charge is -2.11. The summed E-state index contributed by atoms with van der Waals surface area (Å²) in [6.45, 7) is 4.39. The molecular weight excluding hydrogens is 272 g/mol. The lowest BCUT2D eigenvalue weighted by molar-refractivity contribution is 0.480. The Morgan fingerprint density at radius 2 is 2.10 bits per heavy atom. The second kappa shape index (κ2) is 4.76. The Hall–Kier alpha value is -2.14. The van der Waals surface area contributed by atoms with Crippen LogP contribution in [0.1, 0.15) is 12.5 Å². The van der Waals surface area contributed by atoms with Gasteiger partial charge in [0.05, 0.1) is 11.1 Å². The number of hydrogen-bond acceptors (Lipinski definition) is 4. The fourth-order valence-electron chi connectivity index (χ4n) is 2.42. The second-order valence-corrected chi connectivity index (χ2v) is 5.43. The lowest BCUT2D eigenvalue weighted by Crippen LogP contribution is -2.21. The van der Waals surface area contributed by atoms with Crippen LogP contribution in [0.25, 0.3) is 21.5 Å². The lowest BCUT2D eigenvalue weighted by atomic mass is 10.0. The molecule has 102 valence electrons. The molecule has 0 amide bonds. The number of hydrogen-bond donors (Lipinski definition) is 1. The number of pyridine rings is 1. The van der Waals surface area contributed by atoms with Crippen LogP contribution in [0.15, 0.2) is 34.6 Å². The van der Waals surface area contributed by atoms with E-state index in [0.29, 0.717) is 22.5 Å². The number of thiazole rings is 1. The highest BCUT2D eigenvalue weighted by molar-refractivity contribution is 7.16. The first kappa shape index (κ1) is 12.9. The van der Waals surface area contributed by atoms with E-state index in [1.54, 1.807) is 10.1 Å². The third-order valence-corrected chi connectivity index (χ3v) is 4.29. The van der Waals surface area contributed by atoms with E-state index in [2.05, 4.69) is 4.98 Å². The van der Waals surface area contributed by atoms with Crippen LogP contribution in [0.4, 0.5) is 0 Å². The predicted octanol–water partition coefficient (Wildman–Crippen LogP) is 3.16. The molecule has 2 aromatic heterocycles. The average molecular weight is 286 g/mol. The SMILES string of the molecule is CCn1c(=O)c(-c2ccccc2C)c(O)c2ncsc21. The minimum atomic E-state index is -0.170. The van der Waals surface area contributed by atoms with Gasteiger partial charge in [0.25, 0.3) is 5.56 Å². The van der Waals surface area contributed by atoms with Gasteiger partial charge in [0.1, 0.15) is 10.3 Å². The molecule has 3 rings (SSSR count). The minimum absolute atomic E-state index is 0.0229. The van der Waals surface area contributed by atoms with Gasteiger partial charge in [-0.2, -0.15) is 0 Å². The summed E-state index contributed by atoms with van der Waals surface area (Å²) in [4.78, 5) is 17.6. The number of fused-ring (bicyclic) bond motifs is 1. The molecule has 0 bridgehead atoms. The van der Waals surface area contributed by atoms with Crippen molar-refractivity contribution in [2.75, 3.05) is 0 Å². The molecule has 0 unspecified atom stereocenters. The molecule has 0 fully saturated rings. The third kappa shape index (κ3) is 1.74. The summed E-state index contributed by atoms with van der Waals surface area (Å²) < 4.78 is 1.66. The highest BCUT2D eigenvalue weighted by Crippen LogP contribution is 2.34. The van der Waals surface area contributed by atoms with Gasteiger partial charge in [-0.05, 0) is 25.0 Å². The van der Waals surface area contributed by atoms with Crippen molar-refractivity contribution in [3.63, 3.8) is 0 Å². The topological polar surface area (TPSA) is 55.1 Å². The van der Waals surface area contributed by atoms with Crippen LogP contribution in [0.3, 0.4) is 0 Å². The molecule has 0 aliphatic rings. The molecule has 5 heteroatoms. The number of nitrogens with zero attached hydrogens (tertiary/aromatic N) is 2. The van der Waals surface area contributed by atoms with E-state index in [0.717, 1.165) is 11.1 Å². The van der Waals surface area contributed by atoms with Crippen molar-refractivity contribution in [1.82, 2.24) is 9.55 Å². The standard InChI is InChI=1S/C15H14N2O2S/c1-3-17-14(19)11(10-7-5-4-6-9(10)2)13(18)12-15(17)20-8-16-12/h4-8,18H,3H2,1-2H3. The Morgan fingerprint density at radius 3 is 2.80 bits per heavy atom. The van der Waals surface area contributed by atoms with Crippen LogP contribution in [-0.4, -0.2) is 14.7 Å². The Labute approximate surface area is 120 Å². The van der Waals surface area contributed by atoms with Gasteiger partial charge in [0.2, 0.25) is 0 Å². The zero-order valence-corrected chi connectivity index (χ0v) is 12.1. The van der Waals surface area contributed by atoms with E-state index >= 15 is 0 Å². The van der Waals surface area contributed by atoms with Crippen LogP contribution in [0.5, 0.6) is 5.75 Å². The molecule has 0 atom stereocenters. The van der Waals surface area contributed by atoms with Crippen LogP contribution >= 0.6 is 11.3 Å². The van der Waals surface area contributed by atoms with Gasteiger partial charge in [0, 0.05) is 6.54 Å². The van der Waals surface area contributed by atoms with Crippen molar-refractivity contribution in [3.05, 3.63) is 45.7 Å². The van der Waals surface area contributed by atoms with Crippen molar-refractivity contribution < 1.29 is 5.11 Å². The molecule has 0 saturated heterocycles. The maximum Gasteiger partial charge on any atom is 0.263 e. The largest absolute Gasteiger partial charge is 0.505 e. The smallest absolute Gasteiger partial charge is 0.263 e. The van der Waals surface area contributed by atoms with E-state index in [9.17, 15) is 9.90 Å². The molecule has 0 spiro atoms. The summed E-state index contributed by atoms with van der Waals surface area (Å²) in [7, 11) is 0. The normalized spacial score (nSPS) is 11.1. The number of aryl methyl sites for hydroxylation is 2. The molecule has 0 aliphatic carbocycles. The maximum atomic E-state index is 12.7. The first-order valence-electron chi connectivity index (χ1n) is 6.40. The van der Waals surface area contributed by atoms with E-state index in [1.165, 1.54) is 11.3 Å². The highest BCUT2D eigenvalue weighted by atomic mass is 32.1. The van der Waals surface area contributed by atoms with E-state index in [1.807, 2.05) is 38.1 Å². The Morgan fingerprint density at radius 1 is 1.35 bits per heavy atom. The summed E-state index contributed by atoms with van der Waals surface area (Å²) in [6, 6.07) is 7.55. The molecule has 1 N–H and O–H groups in total. The van der Waals surface area contributed by atoms with Gasteiger partial charge in [-0.3, -0.25) is 9.36 Å². The second-order valence-electron chi connectivity index (χ2n) is 4.59. The quantitative estimate of drug-likeness (QED) is 0.787. The number of aromatic nitrogens is 2. The molecule has 20 heavy (non-hydrogen) atoms. The van der Waals surface area contributed by atoms with Crippen molar-refractivity contribution in [2.45, 2.75) is 20.4 Å². The van der Waals surface area contributed by atoms with Crippen molar-refractivity contribution in [1.29, 1.82) is 0 Å². The summed E-state index contributed by atoms with van der Waals surface area (Å²) in [5, 5.41) is 10.4. The molecule has 3 aromatic rings. The number of benzene rings is 1. The van der Waals surface area contributed by atoms with Crippen molar-refractivity contribution in [2.24, 2.45) is 0 Å². The van der Waals surface area contributed by atoms with Gasteiger partial charge >= 0.3 is 0 Å². The van der Waals surface area contributed by atoms with E-state index < -0.39 is 0 Å². The fraction of sp³-hybridized carbons (Fsp3) is 0.200. The zero-order valence-electron chi connectivity index (χ0n) is 11.3. The van der Waals surface area contributed by atoms with Crippen LogP contribution in [0, 0.1) is 6.92 Å². The third-order valence-electron chi connectivity index (χ3n) is 3.44. The Bertz CT molecular complexity index is 849.